The summed E-state index contributed by atoms with van der Waals surface area (Å²) in [6.07, 6.45) is 1.75. The minimum atomic E-state index is -0.205. The fraction of sp³-hybridized carbons (Fsp3) is 0.0435. The molecule has 1 aliphatic heterocycles. The van der Waals surface area contributed by atoms with Crippen molar-refractivity contribution in [3.05, 3.63) is 101 Å². The van der Waals surface area contributed by atoms with Gasteiger partial charge in [-0.15, -0.1) is 0 Å². The van der Waals surface area contributed by atoms with E-state index in [-0.39, 0.29) is 5.91 Å². The molecule has 0 saturated carbocycles. The highest BCUT2D eigenvalue weighted by molar-refractivity contribution is 6.39. The number of rotatable bonds is 4. The molecule has 3 aromatic rings. The van der Waals surface area contributed by atoms with Crippen LogP contribution in [-0.2, 0) is 4.79 Å². The Bertz CT molecular complexity index is 1090. The van der Waals surface area contributed by atoms with Crippen molar-refractivity contribution < 1.29 is 9.53 Å². The van der Waals surface area contributed by atoms with Crippen LogP contribution >= 0.6 is 11.6 Å². The number of aliphatic imine (C=N–C) groups is 1. The Labute approximate surface area is 168 Å². The maximum Gasteiger partial charge on any atom is 0.282 e. The Hall–Kier alpha value is -3.37. The molecule has 28 heavy (non-hydrogen) atoms. The van der Waals surface area contributed by atoms with Gasteiger partial charge in [0.15, 0.2) is 0 Å². The minimum Gasteiger partial charge on any atom is -0.497 e. The van der Waals surface area contributed by atoms with E-state index in [1.807, 2.05) is 72.8 Å². The zero-order chi connectivity index (χ0) is 19.5. The van der Waals surface area contributed by atoms with Gasteiger partial charge in [0.1, 0.15) is 17.3 Å². The van der Waals surface area contributed by atoms with Gasteiger partial charge in [-0.3, -0.25) is 9.69 Å². The van der Waals surface area contributed by atoms with Crippen LogP contribution in [0, 0.1) is 0 Å². The van der Waals surface area contributed by atoms with Gasteiger partial charge in [-0.25, -0.2) is 4.99 Å². The number of hydrogen-bond donors (Lipinski definition) is 0. The lowest BCUT2D eigenvalue weighted by Crippen LogP contribution is -2.32. The lowest BCUT2D eigenvalue weighted by molar-refractivity contribution is -0.113. The highest BCUT2D eigenvalue weighted by Crippen LogP contribution is 2.30. The molecule has 0 radical (unpaired) electrons. The Morgan fingerprint density at radius 3 is 2.46 bits per heavy atom. The molecule has 0 saturated heterocycles. The third-order valence-electron chi connectivity index (χ3n) is 4.39. The van der Waals surface area contributed by atoms with Crippen molar-refractivity contribution in [2.45, 2.75) is 0 Å². The van der Waals surface area contributed by atoms with E-state index >= 15 is 0 Å². The molecule has 0 bridgehead atoms. The number of carbonyl (C=O) groups is 1. The average molecular weight is 389 g/mol. The Balaban J connectivity index is 1.84. The highest BCUT2D eigenvalue weighted by Gasteiger charge is 2.33. The van der Waals surface area contributed by atoms with Crippen molar-refractivity contribution in [2.24, 2.45) is 4.99 Å². The molecule has 0 N–H and O–H groups in total. The lowest BCUT2D eigenvalue weighted by atomic mass is 10.1. The third kappa shape index (κ3) is 3.42. The second-order valence-corrected chi connectivity index (χ2v) is 6.60. The standard InChI is InChI=1S/C23H17ClN2O2/c1-28-18-11-7-8-16(14-18)15-21-23(27)26(17-9-3-2-4-10-17)22(25-21)19-12-5-6-13-20(19)24/h2-15H,1H3/b21-15+. The van der Waals surface area contributed by atoms with Crippen LogP contribution in [0.15, 0.2) is 89.6 Å². The van der Waals surface area contributed by atoms with Gasteiger partial charge in [0.25, 0.3) is 5.91 Å². The smallest absolute Gasteiger partial charge is 0.282 e. The number of para-hydroxylation sites is 1. The highest BCUT2D eigenvalue weighted by atomic mass is 35.5. The molecule has 1 heterocycles. The van der Waals surface area contributed by atoms with Gasteiger partial charge in [0, 0.05) is 5.56 Å². The summed E-state index contributed by atoms with van der Waals surface area (Å²) in [6, 6.07) is 24.3. The normalized spacial score (nSPS) is 15.1. The molecule has 0 atom stereocenters. The molecule has 0 aliphatic carbocycles. The van der Waals surface area contributed by atoms with Crippen molar-refractivity contribution in [1.82, 2.24) is 0 Å². The maximum atomic E-state index is 13.2. The molecule has 4 rings (SSSR count). The summed E-state index contributed by atoms with van der Waals surface area (Å²) in [7, 11) is 1.61. The van der Waals surface area contributed by atoms with Crippen molar-refractivity contribution in [3.8, 4) is 5.75 Å². The summed E-state index contributed by atoms with van der Waals surface area (Å²) in [5, 5.41) is 0.539. The zero-order valence-electron chi connectivity index (χ0n) is 15.2. The summed E-state index contributed by atoms with van der Waals surface area (Å²) < 4.78 is 5.26. The van der Waals surface area contributed by atoms with E-state index in [4.69, 9.17) is 16.3 Å². The van der Waals surface area contributed by atoms with Gasteiger partial charge in [-0.05, 0) is 48.0 Å². The fourth-order valence-corrected chi connectivity index (χ4v) is 3.27. The van der Waals surface area contributed by atoms with Crippen LogP contribution in [0.2, 0.25) is 5.02 Å². The molecule has 0 aromatic heterocycles. The van der Waals surface area contributed by atoms with Crippen molar-refractivity contribution >= 4 is 35.1 Å². The molecule has 1 amide bonds. The number of halogens is 1. The van der Waals surface area contributed by atoms with Gasteiger partial charge >= 0.3 is 0 Å². The first-order valence-corrected chi connectivity index (χ1v) is 9.14. The number of hydrogen-bond acceptors (Lipinski definition) is 3. The number of benzene rings is 3. The molecular formula is C23H17ClN2O2. The Morgan fingerprint density at radius 1 is 0.964 bits per heavy atom. The second-order valence-electron chi connectivity index (χ2n) is 6.20. The van der Waals surface area contributed by atoms with Crippen LogP contribution in [0.3, 0.4) is 0 Å². The summed E-state index contributed by atoms with van der Waals surface area (Å²) in [5.74, 6) is 1.02. The van der Waals surface area contributed by atoms with E-state index < -0.39 is 0 Å². The maximum absolute atomic E-state index is 13.2. The number of amidine groups is 1. The summed E-state index contributed by atoms with van der Waals surface area (Å²) in [5.41, 5.74) is 2.61. The van der Waals surface area contributed by atoms with Crippen molar-refractivity contribution in [1.29, 1.82) is 0 Å². The number of anilines is 1. The summed E-state index contributed by atoms with van der Waals surface area (Å²) >= 11 is 6.40. The topological polar surface area (TPSA) is 41.9 Å². The second kappa shape index (κ2) is 7.71. The summed E-state index contributed by atoms with van der Waals surface area (Å²) in [4.78, 5) is 19.5. The van der Waals surface area contributed by atoms with Crippen molar-refractivity contribution in [2.75, 3.05) is 12.0 Å². The van der Waals surface area contributed by atoms with Gasteiger partial charge in [0.2, 0.25) is 0 Å². The van der Waals surface area contributed by atoms with E-state index in [0.717, 1.165) is 17.0 Å². The molecule has 4 nitrogen and oxygen atoms in total. The molecule has 5 heteroatoms. The van der Waals surface area contributed by atoms with Crippen LogP contribution in [0.25, 0.3) is 6.08 Å². The van der Waals surface area contributed by atoms with Crippen LogP contribution in [0.5, 0.6) is 5.75 Å². The van der Waals surface area contributed by atoms with E-state index in [1.54, 1.807) is 24.2 Å². The van der Waals surface area contributed by atoms with Gasteiger partial charge in [-0.2, -0.15) is 0 Å². The summed E-state index contributed by atoms with van der Waals surface area (Å²) in [6.45, 7) is 0. The van der Waals surface area contributed by atoms with E-state index in [1.165, 1.54) is 0 Å². The first kappa shape index (κ1) is 18.0. The first-order valence-electron chi connectivity index (χ1n) is 8.76. The molecule has 0 spiro atoms. The van der Waals surface area contributed by atoms with E-state index in [2.05, 4.69) is 4.99 Å². The lowest BCUT2D eigenvalue weighted by Gasteiger charge is -2.19. The Kier molecular flexibility index (Phi) is 4.96. The Morgan fingerprint density at radius 2 is 1.71 bits per heavy atom. The van der Waals surface area contributed by atoms with Crippen LogP contribution < -0.4 is 9.64 Å². The fourth-order valence-electron chi connectivity index (χ4n) is 3.05. The number of nitrogens with zero attached hydrogens (tertiary/aromatic N) is 2. The predicted octanol–water partition coefficient (Wildman–Crippen LogP) is 5.18. The minimum absolute atomic E-state index is 0.205. The number of carbonyl (C=O) groups excluding carboxylic acids is 1. The third-order valence-corrected chi connectivity index (χ3v) is 4.72. The van der Waals surface area contributed by atoms with Crippen LogP contribution in [0.4, 0.5) is 5.69 Å². The van der Waals surface area contributed by atoms with E-state index in [9.17, 15) is 4.79 Å². The first-order chi connectivity index (χ1) is 13.7. The van der Waals surface area contributed by atoms with Crippen molar-refractivity contribution in [3.63, 3.8) is 0 Å². The molecule has 0 fully saturated rings. The largest absolute Gasteiger partial charge is 0.497 e. The van der Waals surface area contributed by atoms with E-state index in [0.29, 0.717) is 22.1 Å². The molecule has 0 unspecified atom stereocenters. The van der Waals surface area contributed by atoms with Gasteiger partial charge in [0.05, 0.1) is 17.8 Å². The quantitative estimate of drug-likeness (QED) is 0.577. The molecule has 3 aromatic carbocycles. The van der Waals surface area contributed by atoms with Gasteiger partial charge in [-0.1, -0.05) is 54.1 Å². The number of ether oxygens (including phenoxy) is 1. The predicted molar refractivity (Wildman–Crippen MR) is 113 cm³/mol. The average Bonchev–Trinajstić information content (AvgIpc) is 3.05. The molecule has 138 valence electrons. The van der Waals surface area contributed by atoms with Gasteiger partial charge < -0.3 is 4.74 Å². The number of methoxy groups -OCH3 is 1. The molecular weight excluding hydrogens is 372 g/mol. The SMILES string of the molecule is COc1cccc(/C=C2/N=C(c3ccccc3Cl)N(c3ccccc3)C2=O)c1. The number of amides is 1. The monoisotopic (exact) mass is 388 g/mol. The van der Waals surface area contributed by atoms with Crippen LogP contribution in [0.1, 0.15) is 11.1 Å². The van der Waals surface area contributed by atoms with Crippen LogP contribution in [-0.4, -0.2) is 18.9 Å². The molecule has 1 aliphatic rings. The zero-order valence-corrected chi connectivity index (χ0v) is 15.9.